The topological polar surface area (TPSA) is 4.36 Å². The third-order valence-corrected chi connectivity index (χ3v) is 1.83. The van der Waals surface area contributed by atoms with Crippen molar-refractivity contribution in [2.75, 3.05) is 6.54 Å². The summed E-state index contributed by atoms with van der Waals surface area (Å²) in [6.07, 6.45) is 3.27. The molecule has 0 spiro atoms. The van der Waals surface area contributed by atoms with Crippen molar-refractivity contribution in [2.24, 2.45) is 0 Å². The maximum Gasteiger partial charge on any atom is 0.214 e. The van der Waals surface area contributed by atoms with Crippen LogP contribution in [-0.2, 0) is 6.42 Å². The molecular weight excluding hydrogens is 146 g/mol. The Morgan fingerprint density at radius 3 is 2.50 bits per heavy atom. The smallest absolute Gasteiger partial charge is 0.214 e. The highest BCUT2D eigenvalue weighted by molar-refractivity contribution is 5.14. The van der Waals surface area contributed by atoms with Gasteiger partial charge < -0.3 is 4.85 Å². The molecule has 1 heteroatoms. The number of unbranched alkanes of at least 4 members (excludes halogenated alkanes) is 1. The fourth-order valence-corrected chi connectivity index (χ4v) is 1.16. The predicted molar refractivity (Wildman–Crippen MR) is 50.8 cm³/mol. The van der Waals surface area contributed by atoms with E-state index >= 15 is 0 Å². The fourth-order valence-electron chi connectivity index (χ4n) is 1.16. The van der Waals surface area contributed by atoms with Crippen LogP contribution < -0.4 is 0 Å². The quantitative estimate of drug-likeness (QED) is 0.470. The molecule has 0 aromatic heterocycles. The Labute approximate surface area is 73.9 Å². The van der Waals surface area contributed by atoms with Crippen LogP contribution in [0.15, 0.2) is 30.3 Å². The highest BCUT2D eigenvalue weighted by atomic mass is 14.6. The first-order valence-electron chi connectivity index (χ1n) is 4.30. The standard InChI is InChI=1S/C11H13N/c1-12-10-6-5-9-11-7-3-2-4-8-11/h2-4,7-8H,5-6,9-10H2. The van der Waals surface area contributed by atoms with Crippen LogP contribution in [0.25, 0.3) is 4.85 Å². The minimum absolute atomic E-state index is 0.673. The van der Waals surface area contributed by atoms with Gasteiger partial charge in [0, 0.05) is 6.42 Å². The summed E-state index contributed by atoms with van der Waals surface area (Å²) < 4.78 is 0. The van der Waals surface area contributed by atoms with Gasteiger partial charge in [-0.3, -0.25) is 0 Å². The van der Waals surface area contributed by atoms with E-state index in [1.54, 1.807) is 0 Å². The summed E-state index contributed by atoms with van der Waals surface area (Å²) in [6.45, 7) is 7.28. The summed E-state index contributed by atoms with van der Waals surface area (Å²) in [4.78, 5) is 3.32. The summed E-state index contributed by atoms with van der Waals surface area (Å²) in [5.41, 5.74) is 1.38. The first kappa shape index (κ1) is 8.80. The molecule has 1 aromatic rings. The van der Waals surface area contributed by atoms with Crippen molar-refractivity contribution < 1.29 is 0 Å². The molecule has 0 aliphatic carbocycles. The molecule has 0 saturated heterocycles. The van der Waals surface area contributed by atoms with E-state index in [2.05, 4.69) is 29.1 Å². The summed E-state index contributed by atoms with van der Waals surface area (Å²) in [6, 6.07) is 10.4. The van der Waals surface area contributed by atoms with Crippen molar-refractivity contribution in [3.8, 4) is 0 Å². The number of hydrogen-bond donors (Lipinski definition) is 0. The summed E-state index contributed by atoms with van der Waals surface area (Å²) in [7, 11) is 0. The van der Waals surface area contributed by atoms with E-state index in [4.69, 9.17) is 6.57 Å². The summed E-state index contributed by atoms with van der Waals surface area (Å²) in [5, 5.41) is 0. The van der Waals surface area contributed by atoms with Gasteiger partial charge in [0.05, 0.1) is 0 Å². The van der Waals surface area contributed by atoms with Crippen LogP contribution in [-0.4, -0.2) is 6.54 Å². The molecule has 0 aliphatic heterocycles. The predicted octanol–water partition coefficient (Wildman–Crippen LogP) is 2.93. The van der Waals surface area contributed by atoms with Crippen molar-refractivity contribution in [3.63, 3.8) is 0 Å². The van der Waals surface area contributed by atoms with Crippen LogP contribution in [0.2, 0.25) is 0 Å². The number of benzene rings is 1. The normalized spacial score (nSPS) is 9.25. The molecule has 0 atom stereocenters. The number of hydrogen-bond acceptors (Lipinski definition) is 0. The van der Waals surface area contributed by atoms with Crippen LogP contribution in [0.4, 0.5) is 0 Å². The van der Waals surface area contributed by atoms with Crippen LogP contribution in [0.1, 0.15) is 18.4 Å². The molecule has 1 nitrogen and oxygen atoms in total. The van der Waals surface area contributed by atoms with E-state index in [-0.39, 0.29) is 0 Å². The number of aryl methyl sites for hydroxylation is 1. The van der Waals surface area contributed by atoms with Gasteiger partial charge in [-0.05, 0) is 18.4 Å². The molecule has 0 bridgehead atoms. The van der Waals surface area contributed by atoms with Crippen molar-refractivity contribution >= 4 is 0 Å². The Bertz CT molecular complexity index is 245. The Kier molecular flexibility index (Phi) is 3.94. The van der Waals surface area contributed by atoms with E-state index in [1.165, 1.54) is 5.56 Å². The molecule has 1 rings (SSSR count). The lowest BCUT2D eigenvalue weighted by Gasteiger charge is -1.96. The molecule has 1 aromatic carbocycles. The first-order valence-corrected chi connectivity index (χ1v) is 4.30. The van der Waals surface area contributed by atoms with Gasteiger partial charge >= 0.3 is 0 Å². The SMILES string of the molecule is [C-]#[N+]CCCCc1ccccc1. The molecule has 62 valence electrons. The second kappa shape index (κ2) is 5.37. The van der Waals surface area contributed by atoms with Crippen LogP contribution >= 0.6 is 0 Å². The van der Waals surface area contributed by atoms with Crippen LogP contribution in [0, 0.1) is 6.57 Å². The van der Waals surface area contributed by atoms with Crippen LogP contribution in [0.3, 0.4) is 0 Å². The molecule has 0 amide bonds. The Morgan fingerprint density at radius 1 is 1.08 bits per heavy atom. The average Bonchev–Trinajstić information content (AvgIpc) is 2.14. The van der Waals surface area contributed by atoms with Gasteiger partial charge in [0.1, 0.15) is 0 Å². The minimum atomic E-state index is 0.673. The van der Waals surface area contributed by atoms with Crippen molar-refractivity contribution in [1.29, 1.82) is 0 Å². The number of rotatable bonds is 4. The summed E-state index contributed by atoms with van der Waals surface area (Å²) in [5.74, 6) is 0. The van der Waals surface area contributed by atoms with Crippen molar-refractivity contribution in [2.45, 2.75) is 19.3 Å². The lowest BCUT2D eigenvalue weighted by molar-refractivity contribution is 0.779. The molecule has 0 saturated carbocycles. The van der Waals surface area contributed by atoms with E-state index < -0.39 is 0 Å². The Morgan fingerprint density at radius 2 is 1.83 bits per heavy atom. The van der Waals surface area contributed by atoms with Gasteiger partial charge in [0.15, 0.2) is 0 Å². The van der Waals surface area contributed by atoms with Gasteiger partial charge in [-0.2, -0.15) is 0 Å². The molecule has 0 aliphatic rings. The van der Waals surface area contributed by atoms with Gasteiger partial charge in [-0.1, -0.05) is 30.3 Å². The third-order valence-electron chi connectivity index (χ3n) is 1.83. The Hall–Kier alpha value is -1.29. The highest BCUT2D eigenvalue weighted by Gasteiger charge is 1.92. The van der Waals surface area contributed by atoms with E-state index in [9.17, 15) is 0 Å². The molecule has 0 heterocycles. The van der Waals surface area contributed by atoms with E-state index in [0.29, 0.717) is 6.54 Å². The Balaban J connectivity index is 2.21. The highest BCUT2D eigenvalue weighted by Crippen LogP contribution is 2.03. The average molecular weight is 159 g/mol. The van der Waals surface area contributed by atoms with Gasteiger partial charge in [-0.15, -0.1) is 0 Å². The third kappa shape index (κ3) is 3.21. The van der Waals surface area contributed by atoms with Gasteiger partial charge in [0.25, 0.3) is 0 Å². The van der Waals surface area contributed by atoms with Gasteiger partial charge in [-0.25, -0.2) is 6.57 Å². The maximum absolute atomic E-state index is 6.61. The zero-order chi connectivity index (χ0) is 8.65. The molecular formula is C11H13N. The second-order valence-electron chi connectivity index (χ2n) is 2.82. The zero-order valence-electron chi connectivity index (χ0n) is 7.16. The lowest BCUT2D eigenvalue weighted by atomic mass is 10.1. The van der Waals surface area contributed by atoms with E-state index in [1.807, 2.05) is 6.07 Å². The van der Waals surface area contributed by atoms with Crippen molar-refractivity contribution in [1.82, 2.24) is 0 Å². The molecule has 0 N–H and O–H groups in total. The fraction of sp³-hybridized carbons (Fsp3) is 0.364. The van der Waals surface area contributed by atoms with Crippen molar-refractivity contribution in [3.05, 3.63) is 47.3 Å². The van der Waals surface area contributed by atoms with E-state index in [0.717, 1.165) is 19.3 Å². The first-order chi connectivity index (χ1) is 5.93. The molecule has 0 unspecified atom stereocenters. The number of nitrogens with zero attached hydrogens (tertiary/aromatic N) is 1. The molecule has 12 heavy (non-hydrogen) atoms. The molecule has 0 fully saturated rings. The summed E-state index contributed by atoms with van der Waals surface area (Å²) >= 11 is 0. The zero-order valence-corrected chi connectivity index (χ0v) is 7.16. The maximum atomic E-state index is 6.61. The van der Waals surface area contributed by atoms with Gasteiger partial charge in [0.2, 0.25) is 6.54 Å². The second-order valence-corrected chi connectivity index (χ2v) is 2.82. The monoisotopic (exact) mass is 159 g/mol. The largest absolute Gasteiger partial charge is 0.317 e. The lowest BCUT2D eigenvalue weighted by Crippen LogP contribution is -1.85. The minimum Gasteiger partial charge on any atom is -0.317 e. The molecule has 0 radical (unpaired) electrons. The van der Waals surface area contributed by atoms with Crippen LogP contribution in [0.5, 0.6) is 0 Å².